The number of hydrogen-bond acceptors (Lipinski definition) is 4. The molecular weight excluding hydrogens is 244 g/mol. The van der Waals surface area contributed by atoms with Crippen LogP contribution in [0, 0.1) is 0 Å². The van der Waals surface area contributed by atoms with Gasteiger partial charge in [-0.15, -0.1) is 0 Å². The van der Waals surface area contributed by atoms with Crippen molar-refractivity contribution < 1.29 is 19.8 Å². The molecule has 0 saturated carbocycles. The number of carbonyl (C=O) groups is 2. The number of rotatable bonds is 3. The summed E-state index contributed by atoms with van der Waals surface area (Å²) in [6, 6.07) is -0.192. The van der Waals surface area contributed by atoms with Crippen LogP contribution in [0.2, 0.25) is 0 Å². The number of carboxylic acid groups (broad SMARTS) is 1. The molecule has 0 radical (unpaired) electrons. The second kappa shape index (κ2) is 5.59. The maximum Gasteiger partial charge on any atom is 0.337 e. The molecule has 0 aromatic rings. The molecule has 2 atom stereocenters. The third-order valence-corrected chi connectivity index (χ3v) is 3.86. The molecule has 1 aliphatic rings. The summed E-state index contributed by atoms with van der Waals surface area (Å²) in [6.45, 7) is 3.45. The normalized spacial score (nSPS) is 23.9. The van der Waals surface area contributed by atoms with Crippen LogP contribution in [0.3, 0.4) is 0 Å². The van der Waals surface area contributed by atoms with Crippen molar-refractivity contribution in [3.63, 3.8) is 0 Å². The van der Waals surface area contributed by atoms with Crippen molar-refractivity contribution in [3.8, 4) is 0 Å². The third kappa shape index (κ3) is 3.78. The van der Waals surface area contributed by atoms with Crippen LogP contribution in [0.1, 0.15) is 13.8 Å². The topological polar surface area (TPSA) is 89.9 Å². The molecule has 7 heteroatoms. The quantitative estimate of drug-likeness (QED) is 0.664. The fraction of sp³-hybridized carbons (Fsp3) is 0.800. The van der Waals surface area contributed by atoms with Crippen LogP contribution in [0.4, 0.5) is 4.79 Å². The van der Waals surface area contributed by atoms with Crippen molar-refractivity contribution in [2.24, 2.45) is 0 Å². The Morgan fingerprint density at radius 2 is 2.24 bits per heavy atom. The molecule has 2 unspecified atom stereocenters. The molecule has 1 fully saturated rings. The number of nitrogens with one attached hydrogen (secondary N) is 1. The van der Waals surface area contributed by atoms with E-state index in [4.69, 9.17) is 5.11 Å². The zero-order chi connectivity index (χ0) is 13.1. The minimum absolute atomic E-state index is 0.128. The molecule has 2 amide bonds. The molecule has 6 nitrogen and oxygen atoms in total. The first kappa shape index (κ1) is 14.1. The minimum atomic E-state index is -1.93. The predicted octanol–water partition coefficient (Wildman–Crippen LogP) is -0.0311. The van der Waals surface area contributed by atoms with Crippen LogP contribution in [0.5, 0.6) is 0 Å². The summed E-state index contributed by atoms with van der Waals surface area (Å²) in [7, 11) is 0. The first-order valence-electron chi connectivity index (χ1n) is 5.42. The van der Waals surface area contributed by atoms with E-state index in [0.29, 0.717) is 6.54 Å². The van der Waals surface area contributed by atoms with Gasteiger partial charge in [-0.1, -0.05) is 0 Å². The van der Waals surface area contributed by atoms with Gasteiger partial charge in [-0.2, -0.15) is 11.8 Å². The van der Waals surface area contributed by atoms with E-state index in [2.05, 4.69) is 5.32 Å². The Kier molecular flexibility index (Phi) is 4.64. The first-order chi connectivity index (χ1) is 7.84. The Morgan fingerprint density at radius 3 is 2.76 bits per heavy atom. The Labute approximate surface area is 104 Å². The number of aliphatic hydroxyl groups is 1. The van der Waals surface area contributed by atoms with Crippen LogP contribution in [-0.2, 0) is 4.79 Å². The molecule has 0 aromatic carbocycles. The highest BCUT2D eigenvalue weighted by Crippen LogP contribution is 2.15. The molecule has 0 aromatic heterocycles. The molecule has 0 spiro atoms. The van der Waals surface area contributed by atoms with Crippen LogP contribution in [0.15, 0.2) is 0 Å². The minimum Gasteiger partial charge on any atom is -0.479 e. The maximum absolute atomic E-state index is 11.8. The van der Waals surface area contributed by atoms with Crippen molar-refractivity contribution >= 4 is 23.8 Å². The summed E-state index contributed by atoms with van der Waals surface area (Å²) in [5.74, 6) is 0.413. The number of nitrogens with zero attached hydrogens (tertiary/aromatic N) is 1. The highest BCUT2D eigenvalue weighted by molar-refractivity contribution is 7.99. The number of thioether (sulfide) groups is 1. The van der Waals surface area contributed by atoms with Gasteiger partial charge in [0.2, 0.25) is 0 Å². The van der Waals surface area contributed by atoms with Crippen LogP contribution < -0.4 is 5.32 Å². The number of carbonyl (C=O) groups excluding carboxylic acids is 1. The SMILES string of the molecule is CC1CSCCN1C(=O)NCC(C)(O)C(=O)O. The molecule has 1 aliphatic heterocycles. The van der Waals surface area contributed by atoms with Gasteiger partial charge in [0, 0.05) is 24.1 Å². The molecule has 0 aliphatic carbocycles. The average molecular weight is 262 g/mol. The van der Waals surface area contributed by atoms with Gasteiger partial charge in [0.25, 0.3) is 0 Å². The molecule has 17 heavy (non-hydrogen) atoms. The van der Waals surface area contributed by atoms with E-state index in [-0.39, 0.29) is 18.6 Å². The Morgan fingerprint density at radius 1 is 1.59 bits per heavy atom. The second-order valence-electron chi connectivity index (χ2n) is 4.36. The lowest BCUT2D eigenvalue weighted by Gasteiger charge is -2.33. The lowest BCUT2D eigenvalue weighted by molar-refractivity contribution is -0.155. The lowest BCUT2D eigenvalue weighted by atomic mass is 10.1. The summed E-state index contributed by atoms with van der Waals surface area (Å²) in [5, 5.41) is 20.6. The molecular formula is C10H18N2O4S. The fourth-order valence-electron chi connectivity index (χ4n) is 1.45. The second-order valence-corrected chi connectivity index (χ2v) is 5.50. The van der Waals surface area contributed by atoms with Gasteiger partial charge in [-0.25, -0.2) is 9.59 Å². The predicted molar refractivity (Wildman–Crippen MR) is 65.2 cm³/mol. The zero-order valence-corrected chi connectivity index (χ0v) is 10.8. The number of urea groups is 1. The zero-order valence-electron chi connectivity index (χ0n) is 9.97. The van der Waals surface area contributed by atoms with Gasteiger partial charge in [-0.3, -0.25) is 0 Å². The highest BCUT2D eigenvalue weighted by Gasteiger charge is 2.32. The molecule has 98 valence electrons. The van der Waals surface area contributed by atoms with Gasteiger partial charge < -0.3 is 20.4 Å². The van der Waals surface area contributed by atoms with Crippen molar-refractivity contribution in [2.75, 3.05) is 24.6 Å². The average Bonchev–Trinajstić information content (AvgIpc) is 2.26. The van der Waals surface area contributed by atoms with Gasteiger partial charge in [-0.05, 0) is 13.8 Å². The van der Waals surface area contributed by atoms with Crippen molar-refractivity contribution in [1.82, 2.24) is 10.2 Å². The molecule has 1 heterocycles. The largest absolute Gasteiger partial charge is 0.479 e. The molecule has 1 saturated heterocycles. The lowest BCUT2D eigenvalue weighted by Crippen LogP contribution is -2.53. The molecule has 1 rings (SSSR count). The van der Waals surface area contributed by atoms with Crippen LogP contribution >= 0.6 is 11.8 Å². The smallest absolute Gasteiger partial charge is 0.337 e. The maximum atomic E-state index is 11.8. The van der Waals surface area contributed by atoms with Gasteiger partial charge in [0.05, 0.1) is 6.54 Å². The van der Waals surface area contributed by atoms with E-state index in [1.54, 1.807) is 16.7 Å². The van der Waals surface area contributed by atoms with E-state index in [0.717, 1.165) is 18.4 Å². The summed E-state index contributed by atoms with van der Waals surface area (Å²) >= 11 is 1.79. The van der Waals surface area contributed by atoms with E-state index in [9.17, 15) is 14.7 Å². The fourth-order valence-corrected chi connectivity index (χ4v) is 2.47. The van der Waals surface area contributed by atoms with Gasteiger partial charge >= 0.3 is 12.0 Å². The van der Waals surface area contributed by atoms with Gasteiger partial charge in [0.1, 0.15) is 0 Å². The van der Waals surface area contributed by atoms with Crippen LogP contribution in [-0.4, -0.2) is 63.4 Å². The van der Waals surface area contributed by atoms with Crippen LogP contribution in [0.25, 0.3) is 0 Å². The highest BCUT2D eigenvalue weighted by atomic mass is 32.2. The van der Waals surface area contributed by atoms with Crippen molar-refractivity contribution in [1.29, 1.82) is 0 Å². The molecule has 0 bridgehead atoms. The number of aliphatic carboxylic acids is 1. The summed E-state index contributed by atoms with van der Waals surface area (Å²) < 4.78 is 0. The monoisotopic (exact) mass is 262 g/mol. The van der Waals surface area contributed by atoms with E-state index >= 15 is 0 Å². The Balaban J connectivity index is 2.46. The van der Waals surface area contributed by atoms with E-state index in [1.165, 1.54) is 0 Å². The first-order valence-corrected chi connectivity index (χ1v) is 6.58. The summed E-state index contributed by atoms with van der Waals surface area (Å²) in [5.41, 5.74) is -1.93. The third-order valence-electron chi connectivity index (χ3n) is 2.67. The number of carboxylic acids is 1. The standard InChI is InChI=1S/C10H18N2O4S/c1-7-5-17-4-3-12(7)9(15)11-6-10(2,16)8(13)14/h7,16H,3-6H2,1-2H3,(H,11,15)(H,13,14). The van der Waals surface area contributed by atoms with E-state index in [1.807, 2.05) is 6.92 Å². The number of hydrogen-bond donors (Lipinski definition) is 3. The summed E-state index contributed by atoms with van der Waals surface area (Å²) in [6.07, 6.45) is 0. The van der Waals surface area contributed by atoms with Crippen molar-refractivity contribution in [3.05, 3.63) is 0 Å². The Hall–Kier alpha value is -0.950. The Bertz CT molecular complexity index is 309. The van der Waals surface area contributed by atoms with E-state index < -0.39 is 11.6 Å². The van der Waals surface area contributed by atoms with Crippen molar-refractivity contribution in [2.45, 2.75) is 25.5 Å². The molecule has 3 N–H and O–H groups in total. The summed E-state index contributed by atoms with van der Waals surface area (Å²) in [4.78, 5) is 24.1. The number of amides is 2. The van der Waals surface area contributed by atoms with Gasteiger partial charge in [0.15, 0.2) is 5.60 Å².